The van der Waals surface area contributed by atoms with E-state index in [2.05, 4.69) is 4.98 Å². The highest BCUT2D eigenvalue weighted by atomic mass is 19.4. The van der Waals surface area contributed by atoms with Crippen LogP contribution in [0.5, 0.6) is 0 Å². The molecular weight excluding hydrogens is 219 g/mol. The third kappa shape index (κ3) is 2.16. The van der Waals surface area contributed by atoms with Gasteiger partial charge in [-0.05, 0) is 6.92 Å². The van der Waals surface area contributed by atoms with Crippen molar-refractivity contribution in [1.82, 2.24) is 4.98 Å². The number of pyridine rings is 1. The van der Waals surface area contributed by atoms with Crippen LogP contribution in [0.25, 0.3) is 0 Å². The fraction of sp³-hybridized carbons (Fsp3) is 0.375. The molecule has 0 amide bonds. The highest BCUT2D eigenvalue weighted by Crippen LogP contribution is 2.38. The van der Waals surface area contributed by atoms with E-state index in [-0.39, 0.29) is 5.69 Å². The second kappa shape index (κ2) is 3.63. The van der Waals surface area contributed by atoms with Gasteiger partial charge in [0, 0.05) is 11.9 Å². The van der Waals surface area contributed by atoms with E-state index in [1.165, 1.54) is 6.92 Å². The van der Waals surface area contributed by atoms with Gasteiger partial charge in [-0.25, -0.2) is 8.78 Å². The first-order valence-corrected chi connectivity index (χ1v) is 3.85. The fourth-order valence-corrected chi connectivity index (χ4v) is 1.14. The number of hydrogen-bond donors (Lipinski definition) is 1. The topological polar surface area (TPSA) is 38.9 Å². The van der Waals surface area contributed by atoms with Gasteiger partial charge in [0.15, 0.2) is 0 Å². The number of nitrogens with zero attached hydrogens (tertiary/aromatic N) is 1. The first-order valence-electron chi connectivity index (χ1n) is 3.85. The van der Waals surface area contributed by atoms with Crippen molar-refractivity contribution in [2.24, 2.45) is 0 Å². The van der Waals surface area contributed by atoms with Crippen LogP contribution < -0.4 is 5.73 Å². The van der Waals surface area contributed by atoms with Crippen molar-refractivity contribution < 1.29 is 22.0 Å². The fourth-order valence-electron chi connectivity index (χ4n) is 1.14. The molecule has 0 aliphatic carbocycles. The maximum absolute atomic E-state index is 12.4. The van der Waals surface area contributed by atoms with Crippen molar-refractivity contribution in [1.29, 1.82) is 0 Å². The van der Waals surface area contributed by atoms with Crippen LogP contribution in [0.2, 0.25) is 0 Å². The Morgan fingerprint density at radius 3 is 2.27 bits per heavy atom. The van der Waals surface area contributed by atoms with Crippen LogP contribution in [0, 0.1) is 6.92 Å². The Kier molecular flexibility index (Phi) is 2.83. The van der Waals surface area contributed by atoms with Crippen molar-refractivity contribution >= 4 is 5.69 Å². The Hall–Kier alpha value is -1.40. The van der Waals surface area contributed by atoms with Crippen LogP contribution in [0.4, 0.5) is 27.6 Å². The van der Waals surface area contributed by atoms with E-state index in [4.69, 9.17) is 5.73 Å². The van der Waals surface area contributed by atoms with Gasteiger partial charge in [0.2, 0.25) is 0 Å². The van der Waals surface area contributed by atoms with Crippen LogP contribution >= 0.6 is 0 Å². The summed E-state index contributed by atoms with van der Waals surface area (Å²) in [5.41, 5.74) is 1.69. The zero-order valence-corrected chi connectivity index (χ0v) is 7.57. The zero-order chi connectivity index (χ0) is 11.8. The van der Waals surface area contributed by atoms with E-state index in [0.29, 0.717) is 6.20 Å². The monoisotopic (exact) mass is 226 g/mol. The second-order valence-electron chi connectivity index (χ2n) is 2.88. The first-order chi connectivity index (χ1) is 6.75. The predicted octanol–water partition coefficient (Wildman–Crippen LogP) is 2.93. The highest BCUT2D eigenvalue weighted by molar-refractivity contribution is 5.56. The standard InChI is InChI=1S/C8H7F5N2/c1-3-5(7(9)10)6(14)4(2-15-3)8(11,12)13/h2,7H,1H3,(H2,14,15). The summed E-state index contributed by atoms with van der Waals surface area (Å²) < 4.78 is 61.5. The Labute approximate surface area is 81.9 Å². The van der Waals surface area contributed by atoms with Crippen LogP contribution in [-0.2, 0) is 6.18 Å². The molecule has 1 aromatic heterocycles. The Balaban J connectivity index is 3.42. The molecule has 0 saturated carbocycles. The molecular formula is C8H7F5N2. The van der Waals surface area contributed by atoms with Gasteiger partial charge in [0.25, 0.3) is 6.43 Å². The minimum Gasteiger partial charge on any atom is -0.398 e. The van der Waals surface area contributed by atoms with Crippen LogP contribution in [0.15, 0.2) is 6.20 Å². The van der Waals surface area contributed by atoms with E-state index in [1.54, 1.807) is 0 Å². The predicted molar refractivity (Wildman–Crippen MR) is 43.3 cm³/mol. The summed E-state index contributed by atoms with van der Waals surface area (Å²) in [4.78, 5) is 3.25. The number of alkyl halides is 5. The molecule has 0 aliphatic rings. The van der Waals surface area contributed by atoms with Crippen molar-refractivity contribution in [3.05, 3.63) is 23.0 Å². The quantitative estimate of drug-likeness (QED) is 0.747. The molecule has 0 bridgehead atoms. The lowest BCUT2D eigenvalue weighted by Gasteiger charge is -2.14. The number of nitrogen functional groups attached to an aromatic ring is 1. The van der Waals surface area contributed by atoms with Crippen molar-refractivity contribution in [2.75, 3.05) is 5.73 Å². The molecule has 0 saturated heterocycles. The molecule has 0 fully saturated rings. The van der Waals surface area contributed by atoms with Crippen LogP contribution in [0.3, 0.4) is 0 Å². The molecule has 1 aromatic rings. The summed E-state index contributed by atoms with van der Waals surface area (Å²) in [7, 11) is 0. The molecule has 15 heavy (non-hydrogen) atoms. The summed E-state index contributed by atoms with van der Waals surface area (Å²) in [5.74, 6) is 0. The number of aryl methyl sites for hydroxylation is 1. The lowest BCUT2D eigenvalue weighted by Crippen LogP contribution is -2.13. The van der Waals surface area contributed by atoms with E-state index in [9.17, 15) is 22.0 Å². The van der Waals surface area contributed by atoms with Crippen molar-refractivity contribution in [3.63, 3.8) is 0 Å². The van der Waals surface area contributed by atoms with Gasteiger partial charge >= 0.3 is 6.18 Å². The number of nitrogens with two attached hydrogens (primary N) is 1. The molecule has 0 aromatic carbocycles. The third-order valence-corrected chi connectivity index (χ3v) is 1.88. The number of hydrogen-bond acceptors (Lipinski definition) is 2. The summed E-state index contributed by atoms with van der Waals surface area (Å²) in [6.45, 7) is 1.18. The molecule has 0 atom stereocenters. The molecule has 2 nitrogen and oxygen atoms in total. The molecule has 84 valence electrons. The van der Waals surface area contributed by atoms with Crippen molar-refractivity contribution in [3.8, 4) is 0 Å². The molecule has 0 aliphatic heterocycles. The number of halogens is 5. The Bertz CT molecular complexity index is 372. The lowest BCUT2D eigenvalue weighted by atomic mass is 10.1. The SMILES string of the molecule is Cc1ncc(C(F)(F)F)c(N)c1C(F)F. The number of aromatic nitrogens is 1. The Morgan fingerprint density at radius 2 is 1.87 bits per heavy atom. The van der Waals surface area contributed by atoms with Crippen LogP contribution in [-0.4, -0.2) is 4.98 Å². The summed E-state index contributed by atoms with van der Waals surface area (Å²) in [5, 5.41) is 0. The molecule has 0 unspecified atom stereocenters. The van der Waals surface area contributed by atoms with E-state index in [0.717, 1.165) is 0 Å². The summed E-state index contributed by atoms with van der Waals surface area (Å²) in [6, 6.07) is 0. The van der Waals surface area contributed by atoms with Gasteiger partial charge in [0.1, 0.15) is 0 Å². The van der Waals surface area contributed by atoms with Gasteiger partial charge in [-0.15, -0.1) is 0 Å². The van der Waals surface area contributed by atoms with E-state index in [1.807, 2.05) is 0 Å². The average Bonchev–Trinajstić information content (AvgIpc) is 2.00. The van der Waals surface area contributed by atoms with Gasteiger partial charge in [-0.1, -0.05) is 0 Å². The minimum absolute atomic E-state index is 0.199. The zero-order valence-electron chi connectivity index (χ0n) is 7.57. The first kappa shape index (κ1) is 11.7. The minimum atomic E-state index is -4.77. The molecule has 0 spiro atoms. The molecule has 1 rings (SSSR count). The maximum atomic E-state index is 12.4. The smallest absolute Gasteiger partial charge is 0.398 e. The van der Waals surface area contributed by atoms with Gasteiger partial charge < -0.3 is 5.73 Å². The molecule has 2 N–H and O–H groups in total. The van der Waals surface area contributed by atoms with Crippen LogP contribution in [0.1, 0.15) is 23.2 Å². The van der Waals surface area contributed by atoms with Gasteiger partial charge in [-0.2, -0.15) is 13.2 Å². The van der Waals surface area contributed by atoms with Gasteiger partial charge in [0.05, 0.1) is 16.8 Å². The highest BCUT2D eigenvalue weighted by Gasteiger charge is 2.35. The average molecular weight is 226 g/mol. The summed E-state index contributed by atoms with van der Waals surface area (Å²) in [6.07, 6.45) is -7.38. The molecule has 0 radical (unpaired) electrons. The molecule has 1 heterocycles. The third-order valence-electron chi connectivity index (χ3n) is 1.88. The van der Waals surface area contributed by atoms with E-state index >= 15 is 0 Å². The molecule has 7 heteroatoms. The summed E-state index contributed by atoms with van der Waals surface area (Å²) >= 11 is 0. The Morgan fingerprint density at radius 1 is 1.33 bits per heavy atom. The van der Waals surface area contributed by atoms with E-state index < -0.39 is 29.4 Å². The maximum Gasteiger partial charge on any atom is 0.419 e. The normalized spacial score (nSPS) is 12.2. The second-order valence-corrected chi connectivity index (χ2v) is 2.88. The largest absolute Gasteiger partial charge is 0.419 e. The number of anilines is 1. The van der Waals surface area contributed by atoms with Crippen molar-refractivity contribution in [2.45, 2.75) is 19.5 Å². The lowest BCUT2D eigenvalue weighted by molar-refractivity contribution is -0.137. The van der Waals surface area contributed by atoms with Gasteiger partial charge in [-0.3, -0.25) is 4.98 Å². The number of rotatable bonds is 1.